The maximum absolute atomic E-state index is 12.9. The van der Waals surface area contributed by atoms with Gasteiger partial charge in [0.1, 0.15) is 6.04 Å². The van der Waals surface area contributed by atoms with Crippen molar-refractivity contribution in [3.05, 3.63) is 64.7 Å². The fourth-order valence-corrected chi connectivity index (χ4v) is 5.52. The predicted molar refractivity (Wildman–Crippen MR) is 134 cm³/mol. The van der Waals surface area contributed by atoms with E-state index in [2.05, 4.69) is 5.32 Å². The van der Waals surface area contributed by atoms with Gasteiger partial charge in [0.15, 0.2) is 0 Å². The number of hydrogen-bond acceptors (Lipinski definition) is 7. The number of rotatable bonds is 11. The number of piperidine rings is 1. The van der Waals surface area contributed by atoms with E-state index in [4.69, 9.17) is 4.18 Å². The number of benzene rings is 2. The fraction of sp³-hybridized carbons (Fsp3) is 0.407. The van der Waals surface area contributed by atoms with Gasteiger partial charge in [-0.1, -0.05) is 43.0 Å². The van der Waals surface area contributed by atoms with Crippen molar-refractivity contribution in [1.82, 2.24) is 10.2 Å². The molecule has 0 aromatic heterocycles. The number of carbonyl (C=O) groups excluding carboxylic acids is 4. The minimum absolute atomic E-state index is 0.0870. The first-order valence-corrected chi connectivity index (χ1v) is 13.9. The molecule has 2 aliphatic heterocycles. The zero-order chi connectivity index (χ0) is 26.6. The lowest BCUT2D eigenvalue weighted by Gasteiger charge is -2.27. The lowest BCUT2D eigenvalue weighted by atomic mass is 10.0. The van der Waals surface area contributed by atoms with Crippen LogP contribution in [0, 0.1) is 6.92 Å². The molecule has 1 atom stereocenters. The van der Waals surface area contributed by atoms with Crippen LogP contribution in [-0.2, 0) is 30.3 Å². The Morgan fingerprint density at radius 2 is 1.57 bits per heavy atom. The van der Waals surface area contributed by atoms with Crippen LogP contribution in [0.4, 0.5) is 0 Å². The summed E-state index contributed by atoms with van der Waals surface area (Å²) in [4.78, 5) is 50.4. The zero-order valence-electron chi connectivity index (χ0n) is 20.7. The predicted octanol–water partition coefficient (Wildman–Crippen LogP) is 3.29. The van der Waals surface area contributed by atoms with Crippen molar-refractivity contribution in [2.24, 2.45) is 0 Å². The first-order valence-electron chi connectivity index (χ1n) is 12.5. The standard InChI is InChI=1S/C27H30N2O7S/c1-18-8-11-20(12-9-18)37(34,35)36-16-6-4-2-3-5-7-19-10-13-21-22(17-19)27(33)29(26(21)32)23-14-15-24(30)28-25(23)31/h8-13,17,23H,2-7,14-16H2,1H3,(H,28,30,31). The maximum Gasteiger partial charge on any atom is 0.296 e. The molecule has 0 bridgehead atoms. The average molecular weight is 527 g/mol. The summed E-state index contributed by atoms with van der Waals surface area (Å²) in [5.41, 5.74) is 2.48. The van der Waals surface area contributed by atoms with E-state index < -0.39 is 39.8 Å². The fourth-order valence-electron chi connectivity index (χ4n) is 4.58. The minimum atomic E-state index is -3.73. The minimum Gasteiger partial charge on any atom is -0.295 e. The normalized spacial score (nSPS) is 17.8. The Bertz CT molecular complexity index is 1320. The highest BCUT2D eigenvalue weighted by atomic mass is 32.2. The van der Waals surface area contributed by atoms with Crippen LogP contribution in [0.15, 0.2) is 47.4 Å². The molecule has 10 heteroatoms. The van der Waals surface area contributed by atoms with Crippen LogP contribution in [0.3, 0.4) is 0 Å². The lowest BCUT2D eigenvalue weighted by molar-refractivity contribution is -0.136. The van der Waals surface area contributed by atoms with Crippen LogP contribution in [0.25, 0.3) is 0 Å². The third-order valence-electron chi connectivity index (χ3n) is 6.66. The van der Waals surface area contributed by atoms with E-state index in [0.717, 1.165) is 48.1 Å². The molecular weight excluding hydrogens is 496 g/mol. The highest BCUT2D eigenvalue weighted by molar-refractivity contribution is 7.86. The molecule has 37 heavy (non-hydrogen) atoms. The van der Waals surface area contributed by atoms with E-state index in [-0.39, 0.29) is 29.9 Å². The highest BCUT2D eigenvalue weighted by Gasteiger charge is 2.44. The van der Waals surface area contributed by atoms with E-state index in [1.165, 1.54) is 0 Å². The van der Waals surface area contributed by atoms with Crippen molar-refractivity contribution in [1.29, 1.82) is 0 Å². The SMILES string of the molecule is Cc1ccc(S(=O)(=O)OCCCCCCCc2ccc3c(c2)C(=O)N(C2CCC(=O)NC2=O)C3=O)cc1. The van der Waals surface area contributed by atoms with Gasteiger partial charge in [0.25, 0.3) is 21.9 Å². The highest BCUT2D eigenvalue weighted by Crippen LogP contribution is 2.28. The second-order valence-electron chi connectivity index (χ2n) is 9.43. The molecular formula is C27H30N2O7S. The van der Waals surface area contributed by atoms with Gasteiger partial charge >= 0.3 is 0 Å². The van der Waals surface area contributed by atoms with E-state index in [1.54, 1.807) is 36.4 Å². The third-order valence-corrected chi connectivity index (χ3v) is 7.99. The molecule has 2 aromatic carbocycles. The van der Waals surface area contributed by atoms with Gasteiger partial charge in [0.05, 0.1) is 22.6 Å². The van der Waals surface area contributed by atoms with Gasteiger partial charge in [-0.25, -0.2) is 0 Å². The second kappa shape index (κ2) is 11.4. The molecule has 0 radical (unpaired) electrons. The summed E-state index contributed by atoms with van der Waals surface area (Å²) in [6, 6.07) is 10.7. The molecule has 0 spiro atoms. The van der Waals surface area contributed by atoms with Crippen LogP contribution in [0.1, 0.15) is 76.8 Å². The number of unbranched alkanes of at least 4 members (excludes halogenated alkanes) is 4. The van der Waals surface area contributed by atoms with Gasteiger partial charge in [0.2, 0.25) is 11.8 Å². The number of hydrogen-bond donors (Lipinski definition) is 1. The lowest BCUT2D eigenvalue weighted by Crippen LogP contribution is -2.54. The molecule has 1 fully saturated rings. The van der Waals surface area contributed by atoms with Crippen LogP contribution in [0.5, 0.6) is 0 Å². The van der Waals surface area contributed by atoms with Gasteiger partial charge in [-0.15, -0.1) is 0 Å². The second-order valence-corrected chi connectivity index (χ2v) is 11.0. The van der Waals surface area contributed by atoms with Gasteiger partial charge in [0, 0.05) is 6.42 Å². The molecule has 4 rings (SSSR count). The Kier molecular flexibility index (Phi) is 8.19. The number of nitrogens with one attached hydrogen (secondary N) is 1. The number of imide groups is 2. The molecule has 4 amide bonds. The number of aryl methyl sites for hydroxylation is 2. The summed E-state index contributed by atoms with van der Waals surface area (Å²) in [5.74, 6) is -2.03. The maximum atomic E-state index is 12.9. The largest absolute Gasteiger partial charge is 0.296 e. The van der Waals surface area contributed by atoms with Crippen LogP contribution in [0.2, 0.25) is 0 Å². The average Bonchev–Trinajstić information content (AvgIpc) is 3.10. The van der Waals surface area contributed by atoms with Crippen molar-refractivity contribution >= 4 is 33.7 Å². The molecule has 2 heterocycles. The third kappa shape index (κ3) is 6.14. The van der Waals surface area contributed by atoms with E-state index >= 15 is 0 Å². The quantitative estimate of drug-likeness (QED) is 0.270. The van der Waals surface area contributed by atoms with Crippen LogP contribution < -0.4 is 5.32 Å². The van der Waals surface area contributed by atoms with Crippen LogP contribution in [-0.4, -0.2) is 49.6 Å². The summed E-state index contributed by atoms with van der Waals surface area (Å²) in [7, 11) is -3.73. The summed E-state index contributed by atoms with van der Waals surface area (Å²) in [6.07, 6.45) is 5.14. The topological polar surface area (TPSA) is 127 Å². The smallest absolute Gasteiger partial charge is 0.295 e. The number of nitrogens with zero attached hydrogens (tertiary/aromatic N) is 1. The Balaban J connectivity index is 1.19. The molecule has 196 valence electrons. The van der Waals surface area contributed by atoms with E-state index in [1.807, 2.05) is 13.0 Å². The zero-order valence-corrected chi connectivity index (χ0v) is 21.5. The van der Waals surface area contributed by atoms with Crippen LogP contribution >= 0.6 is 0 Å². The Morgan fingerprint density at radius 3 is 2.30 bits per heavy atom. The van der Waals surface area contributed by atoms with Crippen molar-refractivity contribution in [3.63, 3.8) is 0 Å². The molecule has 1 saturated heterocycles. The Hall–Kier alpha value is -3.37. The van der Waals surface area contributed by atoms with Crippen molar-refractivity contribution in [2.75, 3.05) is 6.61 Å². The number of fused-ring (bicyclic) bond motifs is 1. The summed E-state index contributed by atoms with van der Waals surface area (Å²) >= 11 is 0. The molecule has 1 unspecified atom stereocenters. The van der Waals surface area contributed by atoms with E-state index in [9.17, 15) is 27.6 Å². The van der Waals surface area contributed by atoms with Crippen molar-refractivity contribution in [3.8, 4) is 0 Å². The van der Waals surface area contributed by atoms with Gasteiger partial charge in [-0.3, -0.25) is 33.6 Å². The molecule has 2 aromatic rings. The van der Waals surface area contributed by atoms with Crippen molar-refractivity contribution < 1.29 is 31.8 Å². The molecule has 0 saturated carbocycles. The Labute approximate surface area is 216 Å². The molecule has 2 aliphatic rings. The molecule has 1 N–H and O–H groups in total. The monoisotopic (exact) mass is 526 g/mol. The summed E-state index contributed by atoms with van der Waals surface area (Å²) < 4.78 is 29.5. The summed E-state index contributed by atoms with van der Waals surface area (Å²) in [6.45, 7) is 2.03. The summed E-state index contributed by atoms with van der Waals surface area (Å²) in [5, 5.41) is 2.19. The van der Waals surface area contributed by atoms with Gasteiger partial charge < -0.3 is 0 Å². The number of amides is 4. The Morgan fingerprint density at radius 1 is 0.892 bits per heavy atom. The van der Waals surface area contributed by atoms with E-state index in [0.29, 0.717) is 12.0 Å². The molecule has 9 nitrogen and oxygen atoms in total. The first-order chi connectivity index (χ1) is 17.7. The first kappa shape index (κ1) is 26.7. The van der Waals surface area contributed by atoms with Crippen molar-refractivity contribution in [2.45, 2.75) is 69.2 Å². The molecule has 0 aliphatic carbocycles. The number of carbonyl (C=O) groups is 4. The van der Waals surface area contributed by atoms with Gasteiger partial charge in [-0.2, -0.15) is 8.42 Å². The van der Waals surface area contributed by atoms with Gasteiger partial charge in [-0.05, 0) is 62.4 Å².